The number of aryl methyl sites for hydroxylation is 1. The summed E-state index contributed by atoms with van der Waals surface area (Å²) in [6.07, 6.45) is 3.21. The van der Waals surface area contributed by atoms with Gasteiger partial charge in [-0.2, -0.15) is 4.68 Å². The highest BCUT2D eigenvalue weighted by molar-refractivity contribution is 5.37. The molecule has 2 aromatic rings. The van der Waals surface area contributed by atoms with Gasteiger partial charge in [-0.15, -0.1) is 0 Å². The highest BCUT2D eigenvalue weighted by atomic mass is 16.6. The van der Waals surface area contributed by atoms with Gasteiger partial charge in [-0.25, -0.2) is 0 Å². The molecular weight excluding hydrogens is 222 g/mol. The second kappa shape index (κ2) is 4.20. The zero-order valence-corrected chi connectivity index (χ0v) is 9.20. The molecule has 0 unspecified atom stereocenters. The molecule has 7 heteroatoms. The summed E-state index contributed by atoms with van der Waals surface area (Å²) in [5.74, 6) is -0.131. The summed E-state index contributed by atoms with van der Waals surface area (Å²) in [5.41, 5.74) is 7.46. The first-order chi connectivity index (χ1) is 8.06. The molecule has 0 aromatic carbocycles. The van der Waals surface area contributed by atoms with Crippen LogP contribution in [0.1, 0.15) is 11.3 Å². The lowest BCUT2D eigenvalue weighted by Gasteiger charge is -1.98. The maximum Gasteiger partial charge on any atom is 0.392 e. The Balaban J connectivity index is 2.25. The van der Waals surface area contributed by atoms with Crippen LogP contribution in [0.25, 0.3) is 0 Å². The van der Waals surface area contributed by atoms with Crippen molar-refractivity contribution in [2.45, 2.75) is 13.5 Å². The molecule has 7 nitrogen and oxygen atoms in total. The fourth-order valence-corrected chi connectivity index (χ4v) is 1.52. The maximum atomic E-state index is 10.6. The first-order valence-electron chi connectivity index (χ1n) is 4.95. The minimum atomic E-state index is -0.501. The van der Waals surface area contributed by atoms with E-state index in [1.165, 1.54) is 4.68 Å². The number of anilines is 1. The third-order valence-corrected chi connectivity index (χ3v) is 2.26. The van der Waals surface area contributed by atoms with Crippen LogP contribution in [0, 0.1) is 17.0 Å². The van der Waals surface area contributed by atoms with Crippen molar-refractivity contribution in [2.75, 3.05) is 5.73 Å². The molecule has 0 radical (unpaired) electrons. The molecule has 2 rings (SSSR count). The van der Waals surface area contributed by atoms with E-state index in [-0.39, 0.29) is 5.82 Å². The van der Waals surface area contributed by atoms with Crippen LogP contribution in [0.4, 0.5) is 11.5 Å². The van der Waals surface area contributed by atoms with E-state index < -0.39 is 4.92 Å². The summed E-state index contributed by atoms with van der Waals surface area (Å²) in [6.45, 7) is 2.01. The van der Waals surface area contributed by atoms with Gasteiger partial charge in [-0.3, -0.25) is 4.98 Å². The predicted molar refractivity (Wildman–Crippen MR) is 61.4 cm³/mol. The van der Waals surface area contributed by atoms with Crippen LogP contribution in [-0.4, -0.2) is 19.7 Å². The van der Waals surface area contributed by atoms with Crippen molar-refractivity contribution in [2.24, 2.45) is 0 Å². The number of nitrogens with zero attached hydrogens (tertiary/aromatic N) is 4. The molecule has 2 heterocycles. The Hall–Kier alpha value is -2.44. The van der Waals surface area contributed by atoms with Gasteiger partial charge in [0.2, 0.25) is 0 Å². The third-order valence-electron chi connectivity index (χ3n) is 2.26. The zero-order valence-electron chi connectivity index (χ0n) is 9.20. The van der Waals surface area contributed by atoms with Crippen LogP contribution >= 0.6 is 0 Å². The van der Waals surface area contributed by atoms with Gasteiger partial charge < -0.3 is 15.8 Å². The smallest absolute Gasteiger partial charge is 0.392 e. The van der Waals surface area contributed by atoms with Gasteiger partial charge in [-0.05, 0) is 24.0 Å². The molecule has 0 bridgehead atoms. The minimum absolute atomic E-state index is 0.131. The van der Waals surface area contributed by atoms with Crippen molar-refractivity contribution in [3.05, 3.63) is 45.9 Å². The predicted octanol–water partition coefficient (Wildman–Crippen LogP) is 1.13. The number of nitrogens with two attached hydrogens (primary N) is 1. The lowest BCUT2D eigenvalue weighted by molar-refractivity contribution is -0.390. The Morgan fingerprint density at radius 2 is 2.35 bits per heavy atom. The molecule has 2 aromatic heterocycles. The second-order valence-electron chi connectivity index (χ2n) is 3.67. The summed E-state index contributed by atoms with van der Waals surface area (Å²) in [4.78, 5) is 14.2. The summed E-state index contributed by atoms with van der Waals surface area (Å²) < 4.78 is 1.48. The average Bonchev–Trinajstić information content (AvgIpc) is 2.59. The van der Waals surface area contributed by atoms with E-state index in [0.29, 0.717) is 23.5 Å². The number of pyridine rings is 1. The van der Waals surface area contributed by atoms with Crippen LogP contribution in [0.15, 0.2) is 24.5 Å². The molecular formula is C10H11N5O2. The molecule has 2 N–H and O–H groups in total. The molecule has 0 saturated heterocycles. The minimum Gasteiger partial charge on any atom is -0.399 e. The van der Waals surface area contributed by atoms with Crippen LogP contribution in [0.3, 0.4) is 0 Å². The van der Waals surface area contributed by atoms with Crippen LogP contribution in [-0.2, 0) is 6.54 Å². The Morgan fingerprint density at radius 1 is 1.59 bits per heavy atom. The number of hydrogen-bond acceptors (Lipinski definition) is 5. The molecule has 0 aliphatic heterocycles. The quantitative estimate of drug-likeness (QED) is 0.632. The number of hydrogen-bond donors (Lipinski definition) is 1. The summed E-state index contributed by atoms with van der Waals surface area (Å²) in [5, 5.41) is 14.5. The molecule has 0 spiro atoms. The monoisotopic (exact) mass is 233 g/mol. The van der Waals surface area contributed by atoms with E-state index in [0.717, 1.165) is 0 Å². The Morgan fingerprint density at radius 3 is 2.94 bits per heavy atom. The van der Waals surface area contributed by atoms with Crippen molar-refractivity contribution in [1.29, 1.82) is 0 Å². The van der Waals surface area contributed by atoms with E-state index >= 15 is 0 Å². The number of rotatable bonds is 3. The molecule has 0 saturated carbocycles. The normalized spacial score (nSPS) is 10.4. The van der Waals surface area contributed by atoms with Crippen molar-refractivity contribution in [3.8, 4) is 0 Å². The van der Waals surface area contributed by atoms with Crippen molar-refractivity contribution in [3.63, 3.8) is 0 Å². The van der Waals surface area contributed by atoms with E-state index in [2.05, 4.69) is 10.1 Å². The molecule has 0 aliphatic rings. The fourth-order valence-electron chi connectivity index (χ4n) is 1.52. The van der Waals surface area contributed by atoms with Gasteiger partial charge in [0.25, 0.3) is 0 Å². The second-order valence-corrected chi connectivity index (χ2v) is 3.67. The SMILES string of the molecule is Cc1cn(Cc2cc(N)ccn2)nc1[N+](=O)[O-]. The van der Waals surface area contributed by atoms with E-state index in [1.54, 1.807) is 31.5 Å². The van der Waals surface area contributed by atoms with E-state index in [4.69, 9.17) is 5.73 Å². The largest absolute Gasteiger partial charge is 0.399 e. The van der Waals surface area contributed by atoms with Gasteiger partial charge in [0.05, 0.1) is 22.6 Å². The molecule has 0 aliphatic carbocycles. The highest BCUT2D eigenvalue weighted by Crippen LogP contribution is 2.14. The number of aromatic nitrogens is 3. The van der Waals surface area contributed by atoms with E-state index in [1.807, 2.05) is 0 Å². The van der Waals surface area contributed by atoms with Crippen molar-refractivity contribution >= 4 is 11.5 Å². The molecule has 88 valence electrons. The van der Waals surface area contributed by atoms with Crippen LogP contribution in [0.2, 0.25) is 0 Å². The fraction of sp³-hybridized carbons (Fsp3) is 0.200. The third kappa shape index (κ3) is 2.39. The first kappa shape index (κ1) is 11.1. The Bertz CT molecular complexity index is 564. The van der Waals surface area contributed by atoms with Gasteiger partial charge in [-0.1, -0.05) is 0 Å². The topological polar surface area (TPSA) is 99.9 Å². The van der Waals surface area contributed by atoms with Gasteiger partial charge in [0, 0.05) is 11.9 Å². The Kier molecular flexibility index (Phi) is 2.73. The summed E-state index contributed by atoms with van der Waals surface area (Å²) in [7, 11) is 0. The lowest BCUT2D eigenvalue weighted by atomic mass is 10.3. The number of nitro groups is 1. The lowest BCUT2D eigenvalue weighted by Crippen LogP contribution is -2.03. The molecule has 0 fully saturated rings. The molecule has 0 amide bonds. The van der Waals surface area contributed by atoms with Gasteiger partial charge in [0.1, 0.15) is 6.54 Å². The first-order valence-corrected chi connectivity index (χ1v) is 4.95. The Labute approximate surface area is 97.0 Å². The van der Waals surface area contributed by atoms with Gasteiger partial charge >= 0.3 is 5.82 Å². The van der Waals surface area contributed by atoms with Crippen LogP contribution in [0.5, 0.6) is 0 Å². The highest BCUT2D eigenvalue weighted by Gasteiger charge is 2.17. The standard InChI is InChI=1S/C10H11N5O2/c1-7-5-14(13-10(7)15(16)17)6-9-4-8(11)2-3-12-9/h2-5H,6H2,1H3,(H2,11,12). The van der Waals surface area contributed by atoms with E-state index in [9.17, 15) is 10.1 Å². The van der Waals surface area contributed by atoms with Crippen LogP contribution < -0.4 is 5.73 Å². The molecule has 0 atom stereocenters. The number of nitrogen functional groups attached to an aromatic ring is 1. The molecule has 17 heavy (non-hydrogen) atoms. The van der Waals surface area contributed by atoms with Crippen molar-refractivity contribution < 1.29 is 4.92 Å². The maximum absolute atomic E-state index is 10.6. The summed E-state index contributed by atoms with van der Waals surface area (Å²) in [6, 6.07) is 3.39. The van der Waals surface area contributed by atoms with Crippen molar-refractivity contribution in [1.82, 2.24) is 14.8 Å². The summed E-state index contributed by atoms with van der Waals surface area (Å²) >= 11 is 0. The average molecular weight is 233 g/mol. The van der Waals surface area contributed by atoms with Gasteiger partial charge in [0.15, 0.2) is 0 Å². The zero-order chi connectivity index (χ0) is 12.4.